The van der Waals surface area contributed by atoms with Gasteiger partial charge in [0.05, 0.1) is 7.11 Å². The molecule has 0 spiro atoms. The monoisotopic (exact) mass is 383 g/mol. The normalized spacial score (nSPS) is 32.1. The summed E-state index contributed by atoms with van der Waals surface area (Å²) in [5.74, 6) is -0.206. The van der Waals surface area contributed by atoms with Crippen LogP contribution in [0.5, 0.6) is 0 Å². The first-order valence-electron chi connectivity index (χ1n) is 9.12. The quantitative estimate of drug-likeness (QED) is 0.192. The number of rotatable bonds is 9. The Morgan fingerprint density at radius 3 is 2.48 bits per heavy atom. The van der Waals surface area contributed by atoms with E-state index in [1.54, 1.807) is 0 Å². The number of nitrogens with one attached hydrogen (secondary N) is 1. The van der Waals surface area contributed by atoms with E-state index in [1.807, 2.05) is 6.92 Å². The summed E-state index contributed by atoms with van der Waals surface area (Å²) in [7, 11) is 1.30. The molecular weight excluding hydrogens is 354 g/mol. The Hall–Kier alpha value is -1.71. The van der Waals surface area contributed by atoms with Crippen LogP contribution in [-0.2, 0) is 19.0 Å². The molecule has 27 heavy (non-hydrogen) atoms. The Kier molecular flexibility index (Phi) is 8.00. The van der Waals surface area contributed by atoms with Gasteiger partial charge in [-0.2, -0.15) is 0 Å². The average molecular weight is 383 g/mol. The number of ether oxygens (including phenoxy) is 3. The van der Waals surface area contributed by atoms with Crippen molar-refractivity contribution >= 4 is 5.97 Å². The molecule has 0 aromatic carbocycles. The second-order valence-electron chi connectivity index (χ2n) is 6.63. The Morgan fingerprint density at radius 1 is 1.22 bits per heavy atom. The third-order valence-corrected chi connectivity index (χ3v) is 4.58. The molecule has 2 rings (SSSR count). The van der Waals surface area contributed by atoms with Crippen LogP contribution in [0.4, 0.5) is 0 Å². The molecule has 2 fully saturated rings. The van der Waals surface area contributed by atoms with E-state index in [2.05, 4.69) is 11.9 Å². The van der Waals surface area contributed by atoms with Crippen molar-refractivity contribution in [1.82, 2.24) is 5.32 Å². The number of hydrogen-bond donors (Lipinski definition) is 4. The Balaban J connectivity index is 2.06. The van der Waals surface area contributed by atoms with Crippen molar-refractivity contribution < 1.29 is 34.3 Å². The van der Waals surface area contributed by atoms with Gasteiger partial charge >= 0.3 is 5.97 Å². The lowest BCUT2D eigenvalue weighted by atomic mass is 9.99. The van der Waals surface area contributed by atoms with E-state index < -0.39 is 36.7 Å². The van der Waals surface area contributed by atoms with E-state index in [9.17, 15) is 20.1 Å². The van der Waals surface area contributed by atoms with Crippen LogP contribution in [0.25, 0.3) is 0 Å². The SMILES string of the molecule is C=C/C(=C\C=C(/CC)C(=O)OC)O[C@H]1OC(CNC2CC2)[C@@H](O)C(O)C1O. The first-order valence-corrected chi connectivity index (χ1v) is 9.12. The molecule has 3 unspecified atom stereocenters. The maximum atomic E-state index is 11.6. The lowest BCUT2D eigenvalue weighted by molar-refractivity contribution is -0.284. The lowest BCUT2D eigenvalue weighted by Crippen LogP contribution is -2.60. The Bertz CT molecular complexity index is 585. The highest BCUT2D eigenvalue weighted by Crippen LogP contribution is 2.25. The average Bonchev–Trinajstić information content (AvgIpc) is 3.50. The van der Waals surface area contributed by atoms with Gasteiger partial charge in [0.2, 0.25) is 6.29 Å². The van der Waals surface area contributed by atoms with Gasteiger partial charge in [-0.05, 0) is 37.5 Å². The molecule has 2 aliphatic rings. The smallest absolute Gasteiger partial charge is 0.333 e. The summed E-state index contributed by atoms with van der Waals surface area (Å²) in [4.78, 5) is 11.6. The molecule has 5 atom stereocenters. The van der Waals surface area contributed by atoms with Crippen LogP contribution in [0.2, 0.25) is 0 Å². The highest BCUT2D eigenvalue weighted by molar-refractivity contribution is 5.88. The summed E-state index contributed by atoms with van der Waals surface area (Å²) in [6.07, 6.45) is 1.08. The van der Waals surface area contributed by atoms with Crippen LogP contribution in [0, 0.1) is 0 Å². The van der Waals surface area contributed by atoms with Gasteiger partial charge in [0.15, 0.2) is 0 Å². The highest BCUT2D eigenvalue weighted by atomic mass is 16.7. The largest absolute Gasteiger partial charge is 0.466 e. The van der Waals surface area contributed by atoms with Crippen molar-refractivity contribution in [3.8, 4) is 0 Å². The second-order valence-corrected chi connectivity index (χ2v) is 6.63. The summed E-state index contributed by atoms with van der Waals surface area (Å²) >= 11 is 0. The molecule has 152 valence electrons. The lowest BCUT2D eigenvalue weighted by Gasteiger charge is -2.40. The van der Waals surface area contributed by atoms with Crippen LogP contribution in [0.1, 0.15) is 26.2 Å². The number of carbonyl (C=O) groups excluding carboxylic acids is 1. The number of aliphatic hydroxyl groups is 3. The van der Waals surface area contributed by atoms with Crippen molar-refractivity contribution in [2.45, 2.75) is 62.9 Å². The van der Waals surface area contributed by atoms with Crippen LogP contribution in [-0.4, -0.2) is 71.7 Å². The van der Waals surface area contributed by atoms with Gasteiger partial charge in [-0.3, -0.25) is 0 Å². The zero-order valence-electron chi connectivity index (χ0n) is 15.7. The fourth-order valence-corrected chi connectivity index (χ4v) is 2.69. The summed E-state index contributed by atoms with van der Waals surface area (Å²) in [5, 5.41) is 33.6. The van der Waals surface area contributed by atoms with E-state index >= 15 is 0 Å². The Labute approximate surface area is 159 Å². The number of allylic oxidation sites excluding steroid dienone is 3. The van der Waals surface area contributed by atoms with Crippen molar-refractivity contribution in [3.05, 3.63) is 36.1 Å². The fraction of sp³-hybridized carbons (Fsp3) is 0.632. The molecule has 8 nitrogen and oxygen atoms in total. The van der Waals surface area contributed by atoms with E-state index in [1.165, 1.54) is 25.3 Å². The molecular formula is C19H29NO7. The van der Waals surface area contributed by atoms with Gasteiger partial charge < -0.3 is 34.8 Å². The highest BCUT2D eigenvalue weighted by Gasteiger charge is 2.45. The van der Waals surface area contributed by atoms with Crippen LogP contribution >= 0.6 is 0 Å². The van der Waals surface area contributed by atoms with Crippen LogP contribution in [0.15, 0.2) is 36.1 Å². The van der Waals surface area contributed by atoms with Crippen molar-refractivity contribution in [3.63, 3.8) is 0 Å². The van der Waals surface area contributed by atoms with Gasteiger partial charge in [0, 0.05) is 18.2 Å². The van der Waals surface area contributed by atoms with E-state index in [-0.39, 0.29) is 5.76 Å². The number of carbonyl (C=O) groups is 1. The predicted octanol–water partition coefficient (Wildman–Crippen LogP) is 0.142. The summed E-state index contributed by atoms with van der Waals surface area (Å²) in [5.41, 5.74) is 0.438. The van der Waals surface area contributed by atoms with Crippen LogP contribution in [0.3, 0.4) is 0 Å². The molecule has 1 aliphatic heterocycles. The molecule has 4 N–H and O–H groups in total. The standard InChI is InChI=1S/C19H29NO7/c1-4-11(18(24)25-3)6-9-13(5-2)26-19-17(23)16(22)15(21)14(27-19)10-20-12-7-8-12/h5-6,9,12,14-17,19-23H,2,4,7-8,10H2,1,3H3/b11-6+,13-9+/t14?,15-,16?,17?,19+/m1/s1. The van der Waals surface area contributed by atoms with Crippen LogP contribution < -0.4 is 5.32 Å². The van der Waals surface area contributed by atoms with Crippen molar-refractivity contribution in [1.29, 1.82) is 0 Å². The molecule has 1 saturated heterocycles. The maximum Gasteiger partial charge on any atom is 0.333 e. The predicted molar refractivity (Wildman–Crippen MR) is 97.5 cm³/mol. The molecule has 8 heteroatoms. The van der Waals surface area contributed by atoms with E-state index in [0.717, 1.165) is 12.8 Å². The zero-order valence-corrected chi connectivity index (χ0v) is 15.7. The van der Waals surface area contributed by atoms with Gasteiger partial charge in [-0.25, -0.2) is 4.79 Å². The number of aliphatic hydroxyl groups excluding tert-OH is 3. The summed E-state index contributed by atoms with van der Waals surface area (Å²) < 4.78 is 15.9. The van der Waals surface area contributed by atoms with Gasteiger partial charge in [-0.1, -0.05) is 13.5 Å². The first-order chi connectivity index (χ1) is 12.9. The minimum absolute atomic E-state index is 0.242. The van der Waals surface area contributed by atoms with E-state index in [0.29, 0.717) is 24.6 Å². The van der Waals surface area contributed by atoms with Gasteiger partial charge in [0.1, 0.15) is 30.2 Å². The Morgan fingerprint density at radius 2 is 1.93 bits per heavy atom. The molecule has 1 aliphatic carbocycles. The van der Waals surface area contributed by atoms with Gasteiger partial charge in [0.25, 0.3) is 0 Å². The van der Waals surface area contributed by atoms with E-state index in [4.69, 9.17) is 14.2 Å². The zero-order chi connectivity index (χ0) is 20.0. The molecule has 0 amide bonds. The van der Waals surface area contributed by atoms with Gasteiger partial charge in [-0.15, -0.1) is 0 Å². The number of methoxy groups -OCH3 is 1. The maximum absolute atomic E-state index is 11.6. The molecule has 1 saturated carbocycles. The summed E-state index contributed by atoms with van der Waals surface area (Å²) in [6, 6.07) is 0.406. The fourth-order valence-electron chi connectivity index (χ4n) is 2.69. The second kappa shape index (κ2) is 10.0. The summed E-state index contributed by atoms with van der Waals surface area (Å²) in [6.45, 7) is 5.79. The molecule has 1 heterocycles. The third-order valence-electron chi connectivity index (χ3n) is 4.58. The minimum atomic E-state index is -1.43. The van der Waals surface area contributed by atoms with Crippen molar-refractivity contribution in [2.75, 3.05) is 13.7 Å². The number of hydrogen-bond acceptors (Lipinski definition) is 8. The molecule has 0 bridgehead atoms. The molecule has 0 radical (unpaired) electrons. The topological polar surface area (TPSA) is 117 Å². The third kappa shape index (κ3) is 5.88. The molecule has 0 aromatic heterocycles. The minimum Gasteiger partial charge on any atom is -0.466 e. The number of esters is 1. The molecule has 0 aromatic rings. The first kappa shape index (κ1) is 21.6. The van der Waals surface area contributed by atoms with Crippen molar-refractivity contribution in [2.24, 2.45) is 0 Å².